The van der Waals surface area contributed by atoms with E-state index in [4.69, 9.17) is 4.74 Å². The number of aromatic nitrogens is 2. The molecule has 2 aliphatic heterocycles. The first-order valence-electron chi connectivity index (χ1n) is 11.3. The number of anilines is 1. The van der Waals surface area contributed by atoms with Gasteiger partial charge >= 0.3 is 0 Å². The number of hydrogen-bond acceptors (Lipinski definition) is 6. The van der Waals surface area contributed by atoms with Crippen molar-refractivity contribution in [3.8, 4) is 5.75 Å². The third-order valence-electron chi connectivity index (χ3n) is 6.19. The molecule has 3 heterocycles. The number of benzene rings is 1. The summed E-state index contributed by atoms with van der Waals surface area (Å²) in [4.78, 5) is 40.4. The van der Waals surface area contributed by atoms with Gasteiger partial charge in [-0.25, -0.2) is 9.97 Å². The molecule has 170 valence electrons. The van der Waals surface area contributed by atoms with Gasteiger partial charge in [-0.2, -0.15) is 0 Å². The standard InChI is InChI=1S/C24H31N5O3/c1-17-20(24(31)28-11-4-5-12-28)15-25-23(26-17)21-10-7-13-29(21)22(30)16-32-19-9-6-8-18(14-19)27(2)3/h6,8-9,14-15,21H,4-5,7,10-13,16H2,1-3H3/t21-/m1/s1. The highest BCUT2D eigenvalue weighted by molar-refractivity contribution is 5.95. The zero-order valence-electron chi connectivity index (χ0n) is 19.1. The molecule has 2 amide bonds. The highest BCUT2D eigenvalue weighted by Crippen LogP contribution is 2.30. The topological polar surface area (TPSA) is 78.9 Å². The van der Waals surface area contributed by atoms with E-state index < -0.39 is 0 Å². The zero-order valence-corrected chi connectivity index (χ0v) is 19.1. The molecule has 0 radical (unpaired) electrons. The van der Waals surface area contributed by atoms with Crippen LogP contribution < -0.4 is 9.64 Å². The molecule has 8 nitrogen and oxygen atoms in total. The highest BCUT2D eigenvalue weighted by Gasteiger charge is 2.33. The number of carbonyl (C=O) groups is 2. The summed E-state index contributed by atoms with van der Waals surface area (Å²) in [5.41, 5.74) is 2.24. The molecule has 1 aromatic heterocycles. The van der Waals surface area contributed by atoms with Crippen LogP contribution in [0, 0.1) is 6.92 Å². The maximum absolute atomic E-state index is 12.9. The van der Waals surface area contributed by atoms with Gasteiger partial charge in [0.25, 0.3) is 11.8 Å². The van der Waals surface area contributed by atoms with Crippen LogP contribution in [0.3, 0.4) is 0 Å². The van der Waals surface area contributed by atoms with Crippen LogP contribution in [0.2, 0.25) is 0 Å². The van der Waals surface area contributed by atoms with Crippen LogP contribution in [-0.2, 0) is 4.79 Å². The van der Waals surface area contributed by atoms with E-state index in [-0.39, 0.29) is 24.5 Å². The SMILES string of the molecule is Cc1nc([C@H]2CCCN2C(=O)COc2cccc(N(C)C)c2)ncc1C(=O)N1CCCC1. The van der Waals surface area contributed by atoms with Crippen LogP contribution in [0.25, 0.3) is 0 Å². The molecule has 32 heavy (non-hydrogen) atoms. The largest absolute Gasteiger partial charge is 0.484 e. The van der Waals surface area contributed by atoms with Gasteiger partial charge in [-0.1, -0.05) is 6.07 Å². The molecule has 2 saturated heterocycles. The fourth-order valence-electron chi connectivity index (χ4n) is 4.36. The van der Waals surface area contributed by atoms with Gasteiger partial charge in [0.1, 0.15) is 5.75 Å². The molecule has 0 aliphatic carbocycles. The second kappa shape index (κ2) is 9.54. The lowest BCUT2D eigenvalue weighted by Crippen LogP contribution is -2.35. The Hall–Kier alpha value is -3.16. The van der Waals surface area contributed by atoms with E-state index in [2.05, 4.69) is 9.97 Å². The molecular weight excluding hydrogens is 406 g/mol. The number of aryl methyl sites for hydroxylation is 1. The Bertz CT molecular complexity index is 987. The van der Waals surface area contributed by atoms with E-state index in [1.807, 2.05) is 55.1 Å². The highest BCUT2D eigenvalue weighted by atomic mass is 16.5. The number of amides is 2. The van der Waals surface area contributed by atoms with Gasteiger partial charge in [-0.05, 0) is 44.7 Å². The van der Waals surface area contributed by atoms with Crippen molar-refractivity contribution >= 4 is 17.5 Å². The summed E-state index contributed by atoms with van der Waals surface area (Å²) in [5, 5.41) is 0. The molecule has 0 bridgehead atoms. The molecule has 4 rings (SSSR count). The van der Waals surface area contributed by atoms with Gasteiger partial charge < -0.3 is 19.4 Å². The first kappa shape index (κ1) is 22.0. The van der Waals surface area contributed by atoms with Crippen molar-refractivity contribution in [1.29, 1.82) is 0 Å². The Morgan fingerprint density at radius 3 is 2.66 bits per heavy atom. The average Bonchev–Trinajstić information content (AvgIpc) is 3.49. The third kappa shape index (κ3) is 4.69. The van der Waals surface area contributed by atoms with Crippen LogP contribution >= 0.6 is 0 Å². The molecule has 2 aromatic rings. The Kier molecular flexibility index (Phi) is 6.58. The summed E-state index contributed by atoms with van der Waals surface area (Å²) < 4.78 is 5.78. The first-order chi connectivity index (χ1) is 15.4. The van der Waals surface area contributed by atoms with Crippen LogP contribution in [0.4, 0.5) is 5.69 Å². The lowest BCUT2D eigenvalue weighted by molar-refractivity contribution is -0.134. The fraction of sp³-hybridized carbons (Fsp3) is 0.500. The minimum atomic E-state index is -0.186. The van der Waals surface area contributed by atoms with Gasteiger partial charge in [0.05, 0.1) is 17.3 Å². The number of likely N-dealkylation sites (tertiary alicyclic amines) is 2. The molecule has 2 aliphatic rings. The second-order valence-corrected chi connectivity index (χ2v) is 8.65. The summed E-state index contributed by atoms with van der Waals surface area (Å²) in [7, 11) is 3.93. The van der Waals surface area contributed by atoms with Gasteiger partial charge in [0.2, 0.25) is 0 Å². The third-order valence-corrected chi connectivity index (χ3v) is 6.19. The number of carbonyl (C=O) groups excluding carboxylic acids is 2. The molecule has 0 spiro atoms. The Balaban J connectivity index is 1.42. The number of rotatable bonds is 6. The van der Waals surface area contributed by atoms with Crippen LogP contribution in [-0.4, -0.2) is 71.9 Å². The second-order valence-electron chi connectivity index (χ2n) is 8.65. The predicted molar refractivity (Wildman–Crippen MR) is 122 cm³/mol. The molecule has 0 unspecified atom stereocenters. The van der Waals surface area contributed by atoms with Crippen molar-refractivity contribution in [1.82, 2.24) is 19.8 Å². The monoisotopic (exact) mass is 437 g/mol. The number of nitrogens with zero attached hydrogens (tertiary/aromatic N) is 5. The van der Waals surface area contributed by atoms with E-state index in [0.717, 1.165) is 44.5 Å². The smallest absolute Gasteiger partial charge is 0.261 e. The van der Waals surface area contributed by atoms with E-state index in [1.165, 1.54) is 0 Å². The molecule has 1 aromatic carbocycles. The lowest BCUT2D eigenvalue weighted by atomic mass is 10.1. The van der Waals surface area contributed by atoms with Crippen LogP contribution in [0.15, 0.2) is 30.5 Å². The van der Waals surface area contributed by atoms with Crippen molar-refractivity contribution in [2.75, 3.05) is 45.2 Å². The van der Waals surface area contributed by atoms with Crippen LogP contribution in [0.1, 0.15) is 53.6 Å². The first-order valence-corrected chi connectivity index (χ1v) is 11.3. The van der Waals surface area contributed by atoms with E-state index in [9.17, 15) is 9.59 Å². The summed E-state index contributed by atoms with van der Waals surface area (Å²) in [6.07, 6.45) is 5.42. The van der Waals surface area contributed by atoms with Gasteiger partial charge in [0, 0.05) is 51.7 Å². The summed E-state index contributed by atoms with van der Waals surface area (Å²) in [6.45, 7) is 4.06. The molecular formula is C24H31N5O3. The van der Waals surface area contributed by atoms with E-state index in [1.54, 1.807) is 11.1 Å². The maximum Gasteiger partial charge on any atom is 0.261 e. The molecule has 1 atom stereocenters. The number of ether oxygens (including phenoxy) is 1. The Morgan fingerprint density at radius 2 is 1.94 bits per heavy atom. The quantitative estimate of drug-likeness (QED) is 0.692. The van der Waals surface area contributed by atoms with Crippen molar-refractivity contribution in [2.24, 2.45) is 0 Å². The summed E-state index contributed by atoms with van der Waals surface area (Å²) >= 11 is 0. The zero-order chi connectivity index (χ0) is 22.7. The molecule has 8 heteroatoms. The molecule has 2 fully saturated rings. The Labute approximate surface area is 189 Å². The summed E-state index contributed by atoms with van der Waals surface area (Å²) in [5.74, 6) is 1.18. The van der Waals surface area contributed by atoms with Crippen molar-refractivity contribution in [3.63, 3.8) is 0 Å². The van der Waals surface area contributed by atoms with Gasteiger partial charge in [-0.15, -0.1) is 0 Å². The van der Waals surface area contributed by atoms with E-state index in [0.29, 0.717) is 29.4 Å². The van der Waals surface area contributed by atoms with Crippen molar-refractivity contribution < 1.29 is 14.3 Å². The minimum absolute atomic E-state index is 0.000686. The van der Waals surface area contributed by atoms with Crippen molar-refractivity contribution in [3.05, 3.63) is 47.5 Å². The predicted octanol–water partition coefficient (Wildman–Crippen LogP) is 2.83. The molecule has 0 N–H and O–H groups in total. The molecule has 0 saturated carbocycles. The van der Waals surface area contributed by atoms with Crippen LogP contribution in [0.5, 0.6) is 5.75 Å². The Morgan fingerprint density at radius 1 is 1.16 bits per heavy atom. The van der Waals surface area contributed by atoms with Gasteiger partial charge in [0.15, 0.2) is 12.4 Å². The van der Waals surface area contributed by atoms with Gasteiger partial charge in [-0.3, -0.25) is 9.59 Å². The number of hydrogen-bond donors (Lipinski definition) is 0. The normalized spacial score (nSPS) is 18.2. The fourth-order valence-corrected chi connectivity index (χ4v) is 4.36. The minimum Gasteiger partial charge on any atom is -0.484 e. The van der Waals surface area contributed by atoms with E-state index >= 15 is 0 Å². The maximum atomic E-state index is 12.9. The summed E-state index contributed by atoms with van der Waals surface area (Å²) in [6, 6.07) is 7.48. The van der Waals surface area contributed by atoms with Crippen molar-refractivity contribution in [2.45, 2.75) is 38.6 Å². The lowest BCUT2D eigenvalue weighted by Gasteiger charge is -2.24. The average molecular weight is 438 g/mol.